The Labute approximate surface area is 179 Å². The van der Waals surface area contributed by atoms with E-state index in [1.54, 1.807) is 0 Å². The zero-order valence-electron chi connectivity index (χ0n) is 18.4. The van der Waals surface area contributed by atoms with Crippen molar-refractivity contribution >= 4 is 16.5 Å². The third kappa shape index (κ3) is 3.59. The van der Waals surface area contributed by atoms with Crippen molar-refractivity contribution in [2.75, 3.05) is 33.7 Å². The maximum absolute atomic E-state index is 4.80. The second-order valence-electron chi connectivity index (χ2n) is 9.33. The molecule has 1 aliphatic carbocycles. The molecule has 1 aliphatic heterocycles. The molecule has 0 unspecified atom stereocenters. The molecule has 0 radical (unpaired) electrons. The topological polar surface area (TPSA) is 24.3 Å². The molecular formula is C26H32N4. The number of benzene rings is 1. The van der Waals surface area contributed by atoms with Crippen molar-refractivity contribution in [2.45, 2.75) is 32.4 Å². The highest BCUT2D eigenvalue weighted by atomic mass is 15.2. The molecule has 4 nitrogen and oxygen atoms in total. The lowest BCUT2D eigenvalue weighted by Gasteiger charge is -2.38. The molecule has 156 valence electrons. The maximum atomic E-state index is 4.80. The van der Waals surface area contributed by atoms with Gasteiger partial charge in [-0.1, -0.05) is 43.3 Å². The van der Waals surface area contributed by atoms with E-state index in [0.29, 0.717) is 12.0 Å². The first kappa shape index (κ1) is 19.5. The second kappa shape index (κ2) is 8.01. The quantitative estimate of drug-likeness (QED) is 0.625. The van der Waals surface area contributed by atoms with Crippen molar-refractivity contribution in [1.29, 1.82) is 0 Å². The van der Waals surface area contributed by atoms with Crippen LogP contribution in [0, 0.1) is 5.92 Å². The van der Waals surface area contributed by atoms with E-state index in [1.807, 2.05) is 0 Å². The van der Waals surface area contributed by atoms with Crippen LogP contribution in [-0.4, -0.2) is 53.1 Å². The molecule has 1 fully saturated rings. The van der Waals surface area contributed by atoms with Gasteiger partial charge in [-0.15, -0.1) is 0 Å². The summed E-state index contributed by atoms with van der Waals surface area (Å²) in [4.78, 5) is 9.69. The summed E-state index contributed by atoms with van der Waals surface area (Å²) in [5, 5.41) is 1.27. The van der Waals surface area contributed by atoms with E-state index in [1.165, 1.54) is 46.3 Å². The summed E-state index contributed by atoms with van der Waals surface area (Å²) in [6, 6.07) is 13.6. The standard InChI is InChI=1S/C26H32N4/c1-19-11-13-29(16-20-7-5-4-6-8-20)18-24(19)30-14-12-21-15-27-23-10-9-22(17-28(2)3)25(23)26(21)30/h4-9,12,14-15,19,24H,10-11,13,16-18H2,1-3H3/t19-,24+/m1/s1. The zero-order chi connectivity index (χ0) is 20.7. The molecule has 3 heterocycles. The molecule has 0 saturated carbocycles. The van der Waals surface area contributed by atoms with E-state index in [0.717, 1.165) is 26.1 Å². The van der Waals surface area contributed by atoms with Gasteiger partial charge in [-0.3, -0.25) is 9.88 Å². The van der Waals surface area contributed by atoms with Gasteiger partial charge in [0.1, 0.15) is 0 Å². The molecule has 1 aromatic carbocycles. The van der Waals surface area contributed by atoms with Gasteiger partial charge in [0.05, 0.1) is 11.2 Å². The normalized spacial score (nSPS) is 21.9. The van der Waals surface area contributed by atoms with Crippen LogP contribution in [0.25, 0.3) is 16.5 Å². The molecule has 0 spiro atoms. The lowest BCUT2D eigenvalue weighted by molar-refractivity contribution is 0.129. The molecule has 0 N–H and O–H groups in total. The number of hydrogen-bond donors (Lipinski definition) is 0. The van der Waals surface area contributed by atoms with Gasteiger partial charge in [-0.2, -0.15) is 0 Å². The minimum absolute atomic E-state index is 0.493. The molecule has 1 saturated heterocycles. The molecule has 0 amide bonds. The molecule has 2 aliphatic rings. The first-order chi connectivity index (χ1) is 14.6. The SMILES string of the molecule is C[C@@H]1CCN(Cc2ccccc2)C[C@@H]1n1ccc2cnc3c(c21)C(CN(C)C)=CC3. The van der Waals surface area contributed by atoms with Gasteiger partial charge in [0.15, 0.2) is 0 Å². The van der Waals surface area contributed by atoms with Gasteiger partial charge in [0.25, 0.3) is 0 Å². The van der Waals surface area contributed by atoms with Crippen molar-refractivity contribution in [3.05, 3.63) is 71.7 Å². The van der Waals surface area contributed by atoms with Crippen LogP contribution in [-0.2, 0) is 13.0 Å². The molecule has 3 aromatic rings. The number of allylic oxidation sites excluding steroid dienone is 1. The second-order valence-corrected chi connectivity index (χ2v) is 9.33. The summed E-state index contributed by atoms with van der Waals surface area (Å²) in [6.07, 6.45) is 8.96. The molecule has 4 heteroatoms. The Morgan fingerprint density at radius 3 is 2.77 bits per heavy atom. The summed E-state index contributed by atoms with van der Waals surface area (Å²) in [7, 11) is 4.30. The van der Waals surface area contributed by atoms with Gasteiger partial charge in [0.2, 0.25) is 0 Å². The van der Waals surface area contributed by atoms with E-state index in [4.69, 9.17) is 4.98 Å². The number of piperidine rings is 1. The minimum Gasteiger partial charge on any atom is -0.342 e. The number of fused-ring (bicyclic) bond motifs is 3. The lowest BCUT2D eigenvalue weighted by atomic mass is 9.92. The van der Waals surface area contributed by atoms with Gasteiger partial charge < -0.3 is 9.47 Å². The fraction of sp³-hybridized carbons (Fsp3) is 0.423. The third-order valence-electron chi connectivity index (χ3n) is 6.79. The van der Waals surface area contributed by atoms with Gasteiger partial charge in [-0.25, -0.2) is 0 Å². The van der Waals surface area contributed by atoms with E-state index in [-0.39, 0.29) is 0 Å². The molecule has 0 bridgehead atoms. The Kier molecular flexibility index (Phi) is 5.21. The number of aromatic nitrogens is 2. The van der Waals surface area contributed by atoms with Crippen LogP contribution < -0.4 is 0 Å². The number of nitrogens with zero attached hydrogens (tertiary/aromatic N) is 4. The van der Waals surface area contributed by atoms with Crippen LogP contribution in [0.2, 0.25) is 0 Å². The maximum Gasteiger partial charge on any atom is 0.0594 e. The first-order valence-corrected chi connectivity index (χ1v) is 11.2. The summed E-state index contributed by atoms with van der Waals surface area (Å²) < 4.78 is 2.58. The Hall–Kier alpha value is -2.43. The van der Waals surface area contributed by atoms with Crippen LogP contribution in [0.1, 0.15) is 36.2 Å². The Morgan fingerprint density at radius 2 is 1.97 bits per heavy atom. The van der Waals surface area contributed by atoms with Crippen molar-refractivity contribution in [1.82, 2.24) is 19.4 Å². The Bertz CT molecular complexity index is 1060. The summed E-state index contributed by atoms with van der Waals surface area (Å²) in [6.45, 7) is 6.71. The first-order valence-electron chi connectivity index (χ1n) is 11.2. The van der Waals surface area contributed by atoms with E-state index >= 15 is 0 Å². The highest BCUT2D eigenvalue weighted by molar-refractivity contribution is 5.94. The highest BCUT2D eigenvalue weighted by Gasteiger charge is 2.30. The average Bonchev–Trinajstić information content (AvgIpc) is 3.34. The van der Waals surface area contributed by atoms with Gasteiger partial charge in [0, 0.05) is 55.4 Å². The average molecular weight is 401 g/mol. The van der Waals surface area contributed by atoms with Crippen LogP contribution in [0.4, 0.5) is 0 Å². The van der Waals surface area contributed by atoms with Crippen LogP contribution in [0.15, 0.2) is 54.9 Å². The van der Waals surface area contributed by atoms with E-state index in [2.05, 4.69) is 90.3 Å². The largest absolute Gasteiger partial charge is 0.342 e. The summed E-state index contributed by atoms with van der Waals surface area (Å²) in [5.41, 5.74) is 6.86. The van der Waals surface area contributed by atoms with E-state index < -0.39 is 0 Å². The molecular weight excluding hydrogens is 368 g/mol. The fourth-order valence-electron chi connectivity index (χ4n) is 5.23. The van der Waals surface area contributed by atoms with Crippen molar-refractivity contribution in [3.63, 3.8) is 0 Å². The molecule has 2 atom stereocenters. The zero-order valence-corrected chi connectivity index (χ0v) is 18.4. The van der Waals surface area contributed by atoms with Crippen LogP contribution >= 0.6 is 0 Å². The predicted octanol–water partition coefficient (Wildman–Crippen LogP) is 4.62. The number of rotatable bonds is 5. The number of hydrogen-bond acceptors (Lipinski definition) is 3. The third-order valence-corrected chi connectivity index (χ3v) is 6.79. The fourth-order valence-corrected chi connectivity index (χ4v) is 5.23. The lowest BCUT2D eigenvalue weighted by Crippen LogP contribution is -2.40. The van der Waals surface area contributed by atoms with Crippen LogP contribution in [0.3, 0.4) is 0 Å². The van der Waals surface area contributed by atoms with Crippen molar-refractivity contribution in [2.24, 2.45) is 5.92 Å². The number of pyridine rings is 1. The Balaban J connectivity index is 1.49. The molecule has 2 aromatic heterocycles. The van der Waals surface area contributed by atoms with Gasteiger partial charge in [-0.05, 0) is 50.2 Å². The molecule has 30 heavy (non-hydrogen) atoms. The predicted molar refractivity (Wildman–Crippen MR) is 125 cm³/mol. The molecule has 5 rings (SSSR count). The van der Waals surface area contributed by atoms with Crippen molar-refractivity contribution in [3.8, 4) is 0 Å². The highest BCUT2D eigenvalue weighted by Crippen LogP contribution is 2.38. The summed E-state index contributed by atoms with van der Waals surface area (Å²) >= 11 is 0. The smallest absolute Gasteiger partial charge is 0.0594 e. The monoisotopic (exact) mass is 400 g/mol. The van der Waals surface area contributed by atoms with E-state index in [9.17, 15) is 0 Å². The number of likely N-dealkylation sites (N-methyl/N-ethyl adjacent to an activating group) is 1. The van der Waals surface area contributed by atoms with Crippen molar-refractivity contribution < 1.29 is 0 Å². The van der Waals surface area contributed by atoms with Gasteiger partial charge >= 0.3 is 0 Å². The number of likely N-dealkylation sites (tertiary alicyclic amines) is 1. The summed E-state index contributed by atoms with van der Waals surface area (Å²) in [5.74, 6) is 0.666. The van der Waals surface area contributed by atoms with Crippen LogP contribution in [0.5, 0.6) is 0 Å². The Morgan fingerprint density at radius 1 is 1.13 bits per heavy atom. The minimum atomic E-state index is 0.493.